The lowest BCUT2D eigenvalue weighted by Gasteiger charge is -2.21. The van der Waals surface area contributed by atoms with E-state index in [0.717, 1.165) is 12.1 Å². The normalized spacial score (nSPS) is 17.9. The van der Waals surface area contributed by atoms with Crippen molar-refractivity contribution in [2.45, 2.75) is 6.92 Å². The highest BCUT2D eigenvalue weighted by atomic mass is 16.6. The zero-order valence-electron chi connectivity index (χ0n) is 7.14. The Bertz CT molecular complexity index is 204. The molecule has 0 radical (unpaired) electrons. The van der Waals surface area contributed by atoms with E-state index < -0.39 is 0 Å². The van der Waals surface area contributed by atoms with E-state index in [-0.39, 0.29) is 0 Å². The summed E-state index contributed by atoms with van der Waals surface area (Å²) in [5.41, 5.74) is 4.97. The van der Waals surface area contributed by atoms with Crippen LogP contribution in [0.4, 0.5) is 0 Å². The number of allylic oxidation sites excluding steroid dienone is 5. The standard InChI is InChI=1S/C10H13NO/c1-2-11-12-9-8-10-6-4-3-5-7-10/h3-9,12H,2H2,1H3/q-2. The SMILES string of the molecule is CC[N-][OH+][CH-]C=C1C=CC=C[CH-]1. The molecular weight excluding hydrogens is 150 g/mol. The van der Waals surface area contributed by atoms with Gasteiger partial charge in [-0.3, -0.25) is 5.57 Å². The predicted molar refractivity (Wildman–Crippen MR) is 50.6 cm³/mol. The number of hydroxylamine groups is 1. The lowest BCUT2D eigenvalue weighted by molar-refractivity contribution is 0.112. The van der Waals surface area contributed by atoms with Crippen LogP contribution in [-0.2, 0) is 0 Å². The minimum Gasteiger partial charge on any atom is -0.547 e. The van der Waals surface area contributed by atoms with Gasteiger partial charge in [-0.25, -0.2) is 18.6 Å². The topological polar surface area (TPSA) is 26.9 Å². The smallest absolute Gasteiger partial charge is 0.00931 e. The fourth-order valence-corrected chi connectivity index (χ4v) is 0.812. The van der Waals surface area contributed by atoms with Crippen LogP contribution in [0.15, 0.2) is 36.0 Å². The van der Waals surface area contributed by atoms with Crippen molar-refractivity contribution in [1.82, 2.24) is 0 Å². The lowest BCUT2D eigenvalue weighted by Crippen LogP contribution is -1.88. The summed E-state index contributed by atoms with van der Waals surface area (Å²) in [5, 5.41) is 0. The summed E-state index contributed by atoms with van der Waals surface area (Å²) < 4.78 is 0. The van der Waals surface area contributed by atoms with Gasteiger partial charge in [-0.15, -0.1) is 6.08 Å². The van der Waals surface area contributed by atoms with Crippen molar-refractivity contribution in [3.63, 3.8) is 0 Å². The molecule has 0 aromatic rings. The molecule has 12 heavy (non-hydrogen) atoms. The summed E-state index contributed by atoms with van der Waals surface area (Å²) in [5.74, 6) is 0. The van der Waals surface area contributed by atoms with Crippen LogP contribution in [0.2, 0.25) is 0 Å². The van der Waals surface area contributed by atoms with Crippen LogP contribution >= 0.6 is 0 Å². The zero-order valence-corrected chi connectivity index (χ0v) is 7.14. The van der Waals surface area contributed by atoms with Crippen LogP contribution in [0, 0.1) is 13.0 Å². The molecule has 0 atom stereocenters. The van der Waals surface area contributed by atoms with Gasteiger partial charge in [-0.1, -0.05) is 13.5 Å². The van der Waals surface area contributed by atoms with Gasteiger partial charge in [0.2, 0.25) is 0 Å². The molecule has 1 N–H and O–H groups in total. The highest BCUT2D eigenvalue weighted by molar-refractivity contribution is 5.39. The van der Waals surface area contributed by atoms with Crippen LogP contribution in [0.25, 0.3) is 5.48 Å². The number of nitrogens with zero attached hydrogens (tertiary/aromatic N) is 1. The Labute approximate surface area is 73.6 Å². The predicted octanol–water partition coefficient (Wildman–Crippen LogP) is 2.72. The fraction of sp³-hybridized carbons (Fsp3) is 0.200. The van der Waals surface area contributed by atoms with E-state index in [4.69, 9.17) is 0 Å². The summed E-state index contributed by atoms with van der Waals surface area (Å²) in [4.78, 5) is 3.83. The Morgan fingerprint density at radius 2 is 2.58 bits per heavy atom. The second-order valence-electron chi connectivity index (χ2n) is 2.30. The Hall–Kier alpha value is -1.12. The average molecular weight is 163 g/mol. The lowest BCUT2D eigenvalue weighted by atomic mass is 10.1. The Kier molecular flexibility index (Phi) is 4.13. The minimum absolute atomic E-state index is 0.735. The van der Waals surface area contributed by atoms with Crippen molar-refractivity contribution in [3.8, 4) is 0 Å². The Morgan fingerprint density at radius 3 is 3.25 bits per heavy atom. The molecule has 0 saturated carbocycles. The molecule has 1 rings (SSSR count). The third kappa shape index (κ3) is 3.32. The average Bonchev–Trinajstić information content (AvgIpc) is 2.14. The van der Waals surface area contributed by atoms with Crippen LogP contribution in [0.3, 0.4) is 0 Å². The molecular formula is C10H13NO-2. The molecule has 0 aromatic heterocycles. The van der Waals surface area contributed by atoms with Crippen molar-refractivity contribution >= 4 is 0 Å². The molecule has 0 amide bonds. The van der Waals surface area contributed by atoms with Gasteiger partial charge < -0.3 is 10.3 Å². The molecule has 2 nitrogen and oxygen atoms in total. The van der Waals surface area contributed by atoms with Gasteiger partial charge in [0.15, 0.2) is 0 Å². The molecule has 0 aromatic carbocycles. The van der Waals surface area contributed by atoms with Crippen molar-refractivity contribution in [3.05, 3.63) is 54.5 Å². The second-order valence-corrected chi connectivity index (χ2v) is 2.30. The summed E-state index contributed by atoms with van der Waals surface area (Å²) in [7, 11) is 0. The minimum atomic E-state index is 0.735. The van der Waals surface area contributed by atoms with Gasteiger partial charge in [0.25, 0.3) is 0 Å². The van der Waals surface area contributed by atoms with E-state index in [0.29, 0.717) is 0 Å². The van der Waals surface area contributed by atoms with Crippen molar-refractivity contribution in [1.29, 1.82) is 0 Å². The number of rotatable bonds is 4. The third-order valence-corrected chi connectivity index (χ3v) is 1.36. The maximum absolute atomic E-state index is 3.83. The summed E-state index contributed by atoms with van der Waals surface area (Å²) in [6.07, 6.45) is 12.0. The summed E-state index contributed by atoms with van der Waals surface area (Å²) >= 11 is 0. The van der Waals surface area contributed by atoms with Crippen LogP contribution < -0.4 is 0 Å². The quantitative estimate of drug-likeness (QED) is 0.264. The van der Waals surface area contributed by atoms with Gasteiger partial charge in [0.1, 0.15) is 0 Å². The molecule has 0 heterocycles. The molecule has 0 aliphatic heterocycles. The maximum Gasteiger partial charge on any atom is -0.00931 e. The van der Waals surface area contributed by atoms with E-state index >= 15 is 0 Å². The number of aliphatic hydroxyl groups is 1. The first-order valence-electron chi connectivity index (χ1n) is 4.01. The number of hydrogen-bond donors (Lipinski definition) is 0. The van der Waals surface area contributed by atoms with E-state index in [1.54, 1.807) is 6.61 Å². The first-order valence-corrected chi connectivity index (χ1v) is 4.01. The fourth-order valence-electron chi connectivity index (χ4n) is 0.812. The van der Waals surface area contributed by atoms with Gasteiger partial charge in [0.05, 0.1) is 0 Å². The Morgan fingerprint density at radius 1 is 1.67 bits per heavy atom. The highest BCUT2D eigenvalue weighted by Crippen LogP contribution is 2.09. The molecule has 0 bridgehead atoms. The summed E-state index contributed by atoms with van der Waals surface area (Å²) in [6, 6.07) is 0. The van der Waals surface area contributed by atoms with Gasteiger partial charge >= 0.3 is 0 Å². The first-order chi connectivity index (χ1) is 5.93. The number of hydrogen-bond acceptors (Lipinski definition) is 0. The van der Waals surface area contributed by atoms with E-state index in [1.165, 1.54) is 0 Å². The van der Waals surface area contributed by atoms with Crippen molar-refractivity contribution in [2.75, 3.05) is 6.54 Å². The third-order valence-electron chi connectivity index (χ3n) is 1.36. The van der Waals surface area contributed by atoms with Crippen LogP contribution in [-0.4, -0.2) is 11.4 Å². The van der Waals surface area contributed by atoms with E-state index in [2.05, 4.69) is 10.3 Å². The maximum atomic E-state index is 3.83. The second kappa shape index (κ2) is 5.52. The Balaban J connectivity index is 2.18. The molecule has 0 saturated heterocycles. The molecule has 1 aliphatic rings. The molecule has 0 spiro atoms. The zero-order chi connectivity index (χ0) is 8.65. The van der Waals surface area contributed by atoms with Crippen LogP contribution in [0.1, 0.15) is 6.92 Å². The molecule has 1 aliphatic carbocycles. The van der Waals surface area contributed by atoms with E-state index in [9.17, 15) is 0 Å². The summed E-state index contributed by atoms with van der Waals surface area (Å²) in [6.45, 7) is 4.40. The van der Waals surface area contributed by atoms with Crippen molar-refractivity contribution in [2.24, 2.45) is 0 Å². The largest absolute Gasteiger partial charge is 0.547 e. The molecule has 66 valence electrons. The monoisotopic (exact) mass is 163 g/mol. The van der Waals surface area contributed by atoms with Gasteiger partial charge in [-0.05, 0) is 6.61 Å². The van der Waals surface area contributed by atoms with Gasteiger partial charge in [-0.2, -0.15) is 12.2 Å². The first kappa shape index (κ1) is 8.97. The molecule has 0 unspecified atom stereocenters. The molecule has 0 fully saturated rings. The van der Waals surface area contributed by atoms with Gasteiger partial charge in [0, 0.05) is 0 Å². The highest BCUT2D eigenvalue weighted by Gasteiger charge is 1.74. The van der Waals surface area contributed by atoms with E-state index in [1.807, 2.05) is 43.7 Å². The van der Waals surface area contributed by atoms with Crippen LogP contribution in [0.5, 0.6) is 0 Å². The van der Waals surface area contributed by atoms with Crippen molar-refractivity contribution < 1.29 is 4.84 Å². The molecule has 2 heteroatoms.